The lowest BCUT2D eigenvalue weighted by molar-refractivity contribution is -0.123. The largest absolute Gasteiger partial charge is 0.484 e. The highest BCUT2D eigenvalue weighted by Gasteiger charge is 2.02. The third kappa shape index (κ3) is 4.99. The standard InChI is InChI=1S/C15H15BrN2O2S/c1-10-3-4-13(5-11(10)2)20-8-15(19)18-17-7-14-6-12(16)9-21-14/h3-7,9H,8H2,1-2H3,(H,18,19)/b17-7+. The summed E-state index contributed by atoms with van der Waals surface area (Å²) in [5.74, 6) is 0.388. The van der Waals surface area contributed by atoms with E-state index in [9.17, 15) is 4.79 Å². The van der Waals surface area contributed by atoms with Gasteiger partial charge in [-0.1, -0.05) is 6.07 Å². The summed E-state index contributed by atoms with van der Waals surface area (Å²) in [6, 6.07) is 7.65. The van der Waals surface area contributed by atoms with Crippen molar-refractivity contribution >= 4 is 39.4 Å². The smallest absolute Gasteiger partial charge is 0.277 e. The minimum absolute atomic E-state index is 0.0615. The molecular weight excluding hydrogens is 352 g/mol. The topological polar surface area (TPSA) is 50.7 Å². The highest BCUT2D eigenvalue weighted by Crippen LogP contribution is 2.18. The Morgan fingerprint density at radius 3 is 2.86 bits per heavy atom. The molecule has 2 aromatic rings. The van der Waals surface area contributed by atoms with Gasteiger partial charge in [-0.15, -0.1) is 11.3 Å². The molecule has 21 heavy (non-hydrogen) atoms. The number of hydrogen-bond acceptors (Lipinski definition) is 4. The minimum atomic E-state index is -0.292. The van der Waals surface area contributed by atoms with Crippen molar-refractivity contribution in [3.63, 3.8) is 0 Å². The van der Waals surface area contributed by atoms with E-state index >= 15 is 0 Å². The normalized spacial score (nSPS) is 10.8. The van der Waals surface area contributed by atoms with Crippen molar-refractivity contribution in [2.45, 2.75) is 13.8 Å². The predicted octanol–water partition coefficient (Wildman–Crippen LogP) is 3.66. The number of amides is 1. The third-order valence-corrected chi connectivity index (χ3v) is 4.45. The van der Waals surface area contributed by atoms with Gasteiger partial charge in [0.2, 0.25) is 0 Å². The molecule has 1 aromatic heterocycles. The molecule has 0 atom stereocenters. The second-order valence-corrected chi connectivity index (χ2v) is 6.35. The quantitative estimate of drug-likeness (QED) is 0.648. The summed E-state index contributed by atoms with van der Waals surface area (Å²) in [6.45, 7) is 3.98. The molecule has 0 saturated heterocycles. The van der Waals surface area contributed by atoms with Crippen molar-refractivity contribution < 1.29 is 9.53 Å². The van der Waals surface area contributed by atoms with Crippen molar-refractivity contribution in [2.24, 2.45) is 5.10 Å². The van der Waals surface area contributed by atoms with Crippen molar-refractivity contribution in [1.29, 1.82) is 0 Å². The van der Waals surface area contributed by atoms with Gasteiger partial charge < -0.3 is 4.74 Å². The van der Waals surface area contributed by atoms with Gasteiger partial charge in [-0.25, -0.2) is 5.43 Å². The van der Waals surface area contributed by atoms with Crippen LogP contribution < -0.4 is 10.2 Å². The van der Waals surface area contributed by atoms with Crippen LogP contribution in [0.4, 0.5) is 0 Å². The maximum Gasteiger partial charge on any atom is 0.277 e. The van der Waals surface area contributed by atoms with Gasteiger partial charge in [-0.05, 0) is 59.1 Å². The molecule has 1 heterocycles. The highest BCUT2D eigenvalue weighted by molar-refractivity contribution is 9.10. The number of nitrogens with zero attached hydrogens (tertiary/aromatic N) is 1. The maximum absolute atomic E-state index is 11.6. The third-order valence-electron chi connectivity index (χ3n) is 2.82. The first-order valence-electron chi connectivity index (χ1n) is 6.30. The fourth-order valence-electron chi connectivity index (χ4n) is 1.55. The Kier molecular flexibility index (Phi) is 5.52. The number of aryl methyl sites for hydroxylation is 2. The van der Waals surface area contributed by atoms with E-state index in [1.165, 1.54) is 16.9 Å². The van der Waals surface area contributed by atoms with Crippen LogP contribution in [0.3, 0.4) is 0 Å². The molecule has 1 amide bonds. The molecule has 0 radical (unpaired) electrons. The number of hydrogen-bond donors (Lipinski definition) is 1. The molecule has 0 aliphatic heterocycles. The number of rotatable bonds is 5. The summed E-state index contributed by atoms with van der Waals surface area (Å²) in [6.07, 6.45) is 1.60. The number of nitrogens with one attached hydrogen (secondary N) is 1. The Labute approximate surface area is 136 Å². The van der Waals surface area contributed by atoms with Gasteiger partial charge in [0.1, 0.15) is 5.75 Å². The summed E-state index contributed by atoms with van der Waals surface area (Å²) in [5.41, 5.74) is 4.76. The van der Waals surface area contributed by atoms with Gasteiger partial charge in [0, 0.05) is 14.7 Å². The van der Waals surface area contributed by atoms with Gasteiger partial charge in [0.25, 0.3) is 5.91 Å². The molecule has 6 heteroatoms. The van der Waals surface area contributed by atoms with Crippen LogP contribution in [0.1, 0.15) is 16.0 Å². The summed E-state index contributed by atoms with van der Waals surface area (Å²) in [7, 11) is 0. The van der Waals surface area contributed by atoms with Crippen LogP contribution in [0.2, 0.25) is 0 Å². The number of benzene rings is 1. The Hall–Kier alpha value is -1.66. The zero-order valence-electron chi connectivity index (χ0n) is 11.7. The Morgan fingerprint density at radius 1 is 1.38 bits per heavy atom. The molecule has 2 rings (SSSR count). The average Bonchev–Trinajstić information content (AvgIpc) is 2.86. The molecule has 110 valence electrons. The molecule has 0 unspecified atom stereocenters. The number of ether oxygens (including phenoxy) is 1. The molecular formula is C15H15BrN2O2S. The van der Waals surface area contributed by atoms with Crippen LogP contribution in [-0.4, -0.2) is 18.7 Å². The lowest BCUT2D eigenvalue weighted by Gasteiger charge is -2.07. The molecule has 4 nitrogen and oxygen atoms in total. The Morgan fingerprint density at radius 2 is 2.19 bits per heavy atom. The zero-order chi connectivity index (χ0) is 15.2. The van der Waals surface area contributed by atoms with E-state index < -0.39 is 0 Å². The number of carbonyl (C=O) groups is 1. The number of carbonyl (C=O) groups excluding carboxylic acids is 1. The zero-order valence-corrected chi connectivity index (χ0v) is 14.1. The SMILES string of the molecule is Cc1ccc(OCC(=O)N/N=C/c2cc(Br)cs2)cc1C. The van der Waals surface area contributed by atoms with Gasteiger partial charge in [0.15, 0.2) is 6.61 Å². The van der Waals surface area contributed by atoms with E-state index in [-0.39, 0.29) is 12.5 Å². The summed E-state index contributed by atoms with van der Waals surface area (Å²) in [4.78, 5) is 12.6. The fourth-order valence-corrected chi connectivity index (χ4v) is 2.85. The van der Waals surface area contributed by atoms with E-state index in [2.05, 4.69) is 26.5 Å². The lowest BCUT2D eigenvalue weighted by Crippen LogP contribution is -2.24. The van der Waals surface area contributed by atoms with Gasteiger partial charge >= 0.3 is 0 Å². The average molecular weight is 367 g/mol. The van der Waals surface area contributed by atoms with Crippen molar-refractivity contribution in [2.75, 3.05) is 6.61 Å². The molecule has 0 saturated carbocycles. The molecule has 1 aromatic carbocycles. The first-order valence-corrected chi connectivity index (χ1v) is 7.98. The van der Waals surface area contributed by atoms with Crippen LogP contribution in [0, 0.1) is 13.8 Å². The summed E-state index contributed by atoms with van der Waals surface area (Å²) in [5, 5.41) is 5.83. The second-order valence-electron chi connectivity index (χ2n) is 4.50. The van der Waals surface area contributed by atoms with E-state index in [1.54, 1.807) is 6.21 Å². The summed E-state index contributed by atoms with van der Waals surface area (Å²) < 4.78 is 6.42. The van der Waals surface area contributed by atoms with E-state index in [0.29, 0.717) is 5.75 Å². The van der Waals surface area contributed by atoms with E-state index in [4.69, 9.17) is 4.74 Å². The Balaban J connectivity index is 1.79. The fraction of sp³-hybridized carbons (Fsp3) is 0.200. The molecule has 1 N–H and O–H groups in total. The number of hydrazone groups is 1. The van der Waals surface area contributed by atoms with Crippen LogP contribution in [0.5, 0.6) is 5.75 Å². The first kappa shape index (κ1) is 15.7. The van der Waals surface area contributed by atoms with Crippen molar-refractivity contribution in [3.8, 4) is 5.75 Å². The first-order chi connectivity index (χ1) is 10.0. The van der Waals surface area contributed by atoms with Gasteiger partial charge in [-0.2, -0.15) is 5.10 Å². The Bertz CT molecular complexity index is 667. The van der Waals surface area contributed by atoms with Crippen LogP contribution in [-0.2, 0) is 4.79 Å². The molecule has 0 aliphatic rings. The van der Waals surface area contributed by atoms with E-state index in [0.717, 1.165) is 14.9 Å². The van der Waals surface area contributed by atoms with Crippen molar-refractivity contribution in [1.82, 2.24) is 5.43 Å². The number of thiophene rings is 1. The van der Waals surface area contributed by atoms with Crippen molar-refractivity contribution in [3.05, 3.63) is 50.1 Å². The predicted molar refractivity (Wildman–Crippen MR) is 89.2 cm³/mol. The van der Waals surface area contributed by atoms with Crippen LogP contribution >= 0.6 is 27.3 Å². The maximum atomic E-state index is 11.6. The number of halogens is 1. The van der Waals surface area contributed by atoms with Gasteiger partial charge in [-0.3, -0.25) is 4.79 Å². The van der Waals surface area contributed by atoms with E-state index in [1.807, 2.05) is 43.5 Å². The highest BCUT2D eigenvalue weighted by atomic mass is 79.9. The molecule has 0 aliphatic carbocycles. The second kappa shape index (κ2) is 7.38. The molecule has 0 spiro atoms. The van der Waals surface area contributed by atoms with Crippen LogP contribution in [0.25, 0.3) is 0 Å². The molecule has 0 bridgehead atoms. The van der Waals surface area contributed by atoms with Crippen LogP contribution in [0.15, 0.2) is 39.2 Å². The minimum Gasteiger partial charge on any atom is -0.484 e. The monoisotopic (exact) mass is 366 g/mol. The summed E-state index contributed by atoms with van der Waals surface area (Å²) >= 11 is 4.89. The molecule has 0 fully saturated rings. The lowest BCUT2D eigenvalue weighted by atomic mass is 10.1. The van der Waals surface area contributed by atoms with Gasteiger partial charge in [0.05, 0.1) is 6.21 Å².